The normalized spacial score (nSPS) is 17.2. The van der Waals surface area contributed by atoms with Gasteiger partial charge in [0.25, 0.3) is 0 Å². The van der Waals surface area contributed by atoms with Gasteiger partial charge < -0.3 is 20.1 Å². The van der Waals surface area contributed by atoms with E-state index in [1.54, 1.807) is 6.92 Å². The first-order valence-electron chi connectivity index (χ1n) is 8.16. The number of benzene rings is 1. The fourth-order valence-corrected chi connectivity index (χ4v) is 3.60. The number of carbonyl (C=O) groups excluding carboxylic acids is 1. The maximum atomic E-state index is 12.2. The molecule has 0 bridgehead atoms. The second-order valence-electron chi connectivity index (χ2n) is 6.06. The van der Waals surface area contributed by atoms with Crippen LogP contribution in [0.15, 0.2) is 27.9 Å². The molecule has 0 fully saturated rings. The van der Waals surface area contributed by atoms with E-state index in [1.165, 1.54) is 0 Å². The number of Topliss-reactive ketones (excluding diaryl/α,β-unsaturated/α-hetero) is 1. The lowest BCUT2D eigenvalue weighted by molar-refractivity contribution is -0.114. The van der Waals surface area contributed by atoms with Gasteiger partial charge in [-0.05, 0) is 80.5 Å². The molecule has 1 aliphatic heterocycles. The van der Waals surface area contributed by atoms with Crippen LogP contribution in [-0.4, -0.2) is 23.6 Å². The van der Waals surface area contributed by atoms with E-state index in [1.807, 2.05) is 39.8 Å². The molecule has 1 heterocycles. The van der Waals surface area contributed by atoms with Gasteiger partial charge in [0.05, 0.1) is 23.2 Å². The molecule has 0 saturated carbocycles. The minimum absolute atomic E-state index is 0.0124. The fraction of sp³-hybridized carbons (Fsp3) is 0.444. The third-order valence-corrected chi connectivity index (χ3v) is 4.48. The molecule has 0 saturated heterocycles. The third kappa shape index (κ3) is 4.52. The first kappa shape index (κ1) is 19.7. The Morgan fingerprint density at radius 2 is 2.08 bits per heavy atom. The second kappa shape index (κ2) is 8.19. The SMILES string of the molecule is CCOc1cc([C@@H]2NC(=S)NC(C)=C2C(C)=O)cc(Br)c1OC(C)C. The van der Waals surface area contributed by atoms with Crippen LogP contribution < -0.4 is 20.1 Å². The number of hydrogen-bond donors (Lipinski definition) is 2. The Bertz CT molecular complexity index is 731. The summed E-state index contributed by atoms with van der Waals surface area (Å²) in [4.78, 5) is 12.2. The summed E-state index contributed by atoms with van der Waals surface area (Å²) in [6.07, 6.45) is 0.0147. The fourth-order valence-electron chi connectivity index (χ4n) is 2.78. The average Bonchev–Trinajstić information content (AvgIpc) is 2.49. The molecule has 136 valence electrons. The molecule has 1 atom stereocenters. The Morgan fingerprint density at radius 1 is 1.40 bits per heavy atom. The minimum Gasteiger partial charge on any atom is -0.490 e. The highest BCUT2D eigenvalue weighted by molar-refractivity contribution is 9.10. The molecule has 5 nitrogen and oxygen atoms in total. The maximum absolute atomic E-state index is 12.2. The van der Waals surface area contributed by atoms with E-state index in [2.05, 4.69) is 26.6 Å². The van der Waals surface area contributed by atoms with Crippen LogP contribution in [0, 0.1) is 0 Å². The number of hydrogen-bond acceptors (Lipinski definition) is 4. The molecule has 2 rings (SSSR count). The van der Waals surface area contributed by atoms with Gasteiger partial charge >= 0.3 is 0 Å². The van der Waals surface area contributed by atoms with Gasteiger partial charge in [0.2, 0.25) is 0 Å². The zero-order valence-corrected chi connectivity index (χ0v) is 17.4. The smallest absolute Gasteiger partial charge is 0.175 e. The topological polar surface area (TPSA) is 59.6 Å². The number of allylic oxidation sites excluding steroid dienone is 1. The number of thiocarbonyl (C=S) groups is 1. The number of halogens is 1. The molecule has 0 spiro atoms. The summed E-state index contributed by atoms with van der Waals surface area (Å²) >= 11 is 8.83. The van der Waals surface area contributed by atoms with Crippen molar-refractivity contribution in [2.24, 2.45) is 0 Å². The molecule has 0 amide bonds. The number of nitrogens with one attached hydrogen (secondary N) is 2. The maximum Gasteiger partial charge on any atom is 0.175 e. The summed E-state index contributed by atoms with van der Waals surface area (Å²) in [6, 6.07) is 3.49. The van der Waals surface area contributed by atoms with Gasteiger partial charge in [-0.1, -0.05) is 0 Å². The Kier molecular flexibility index (Phi) is 6.46. The molecule has 0 unspecified atom stereocenters. The van der Waals surface area contributed by atoms with Gasteiger partial charge in [0.15, 0.2) is 22.4 Å². The molecule has 0 radical (unpaired) electrons. The molecule has 0 aliphatic carbocycles. The lowest BCUT2D eigenvalue weighted by Crippen LogP contribution is -2.44. The van der Waals surface area contributed by atoms with Gasteiger partial charge in [-0.2, -0.15) is 0 Å². The minimum atomic E-state index is -0.338. The number of ketones is 1. The number of ether oxygens (including phenoxy) is 2. The predicted octanol–water partition coefficient (Wildman–Crippen LogP) is 4.02. The summed E-state index contributed by atoms with van der Waals surface area (Å²) in [5.74, 6) is 1.27. The highest BCUT2D eigenvalue weighted by Gasteiger charge is 2.29. The molecule has 1 aromatic carbocycles. The van der Waals surface area contributed by atoms with Crippen molar-refractivity contribution in [1.29, 1.82) is 0 Å². The lowest BCUT2D eigenvalue weighted by atomic mass is 9.93. The van der Waals surface area contributed by atoms with Gasteiger partial charge in [-0.15, -0.1) is 0 Å². The number of carbonyl (C=O) groups is 1. The molecule has 1 aromatic rings. The van der Waals surface area contributed by atoms with E-state index >= 15 is 0 Å². The van der Waals surface area contributed by atoms with Crippen molar-refractivity contribution in [3.8, 4) is 11.5 Å². The largest absolute Gasteiger partial charge is 0.490 e. The molecule has 1 aliphatic rings. The van der Waals surface area contributed by atoms with Crippen molar-refractivity contribution in [1.82, 2.24) is 10.6 Å². The van der Waals surface area contributed by atoms with E-state index in [0.29, 0.717) is 28.8 Å². The van der Waals surface area contributed by atoms with Gasteiger partial charge in [-0.25, -0.2) is 0 Å². The van der Waals surface area contributed by atoms with Crippen LogP contribution in [0.3, 0.4) is 0 Å². The molecule has 7 heteroatoms. The first-order chi connectivity index (χ1) is 11.7. The van der Waals surface area contributed by atoms with E-state index in [-0.39, 0.29) is 17.9 Å². The zero-order chi connectivity index (χ0) is 18.7. The summed E-state index contributed by atoms with van der Waals surface area (Å²) in [5.41, 5.74) is 2.29. The van der Waals surface area contributed by atoms with E-state index in [4.69, 9.17) is 21.7 Å². The summed E-state index contributed by atoms with van der Waals surface area (Å²) in [7, 11) is 0. The van der Waals surface area contributed by atoms with Gasteiger partial charge in [0.1, 0.15) is 0 Å². The monoisotopic (exact) mass is 426 g/mol. The third-order valence-electron chi connectivity index (χ3n) is 3.67. The van der Waals surface area contributed by atoms with Crippen molar-refractivity contribution in [2.75, 3.05) is 6.61 Å². The Hall–Kier alpha value is -1.60. The van der Waals surface area contributed by atoms with Crippen LogP contribution in [0.1, 0.15) is 46.2 Å². The summed E-state index contributed by atoms with van der Waals surface area (Å²) in [5, 5.41) is 6.68. The van der Waals surface area contributed by atoms with Crippen molar-refractivity contribution >= 4 is 39.0 Å². The van der Waals surface area contributed by atoms with Crippen LogP contribution >= 0.6 is 28.1 Å². The van der Waals surface area contributed by atoms with Crippen LogP contribution in [0.2, 0.25) is 0 Å². The highest BCUT2D eigenvalue weighted by atomic mass is 79.9. The second-order valence-corrected chi connectivity index (χ2v) is 7.32. The van der Waals surface area contributed by atoms with Gasteiger partial charge in [-0.3, -0.25) is 4.79 Å². The van der Waals surface area contributed by atoms with Crippen LogP contribution in [0.5, 0.6) is 11.5 Å². The lowest BCUT2D eigenvalue weighted by Gasteiger charge is -2.30. The van der Waals surface area contributed by atoms with Crippen molar-refractivity contribution in [2.45, 2.75) is 46.8 Å². The van der Waals surface area contributed by atoms with Crippen LogP contribution in [-0.2, 0) is 4.79 Å². The van der Waals surface area contributed by atoms with Gasteiger partial charge in [0, 0.05) is 11.3 Å². The Balaban J connectivity index is 2.56. The van der Waals surface area contributed by atoms with Crippen molar-refractivity contribution in [3.05, 3.63) is 33.4 Å². The molecule has 0 aromatic heterocycles. The zero-order valence-electron chi connectivity index (χ0n) is 15.0. The first-order valence-corrected chi connectivity index (χ1v) is 9.36. The molecular formula is C18H23BrN2O3S. The average molecular weight is 427 g/mol. The molecular weight excluding hydrogens is 404 g/mol. The quantitative estimate of drug-likeness (QED) is 0.669. The van der Waals surface area contributed by atoms with E-state index in [0.717, 1.165) is 15.7 Å². The molecule has 25 heavy (non-hydrogen) atoms. The number of rotatable bonds is 6. The van der Waals surface area contributed by atoms with Crippen molar-refractivity contribution in [3.63, 3.8) is 0 Å². The van der Waals surface area contributed by atoms with E-state index < -0.39 is 0 Å². The summed E-state index contributed by atoms with van der Waals surface area (Å²) in [6.45, 7) is 9.76. The Labute approximate surface area is 162 Å². The highest BCUT2D eigenvalue weighted by Crippen LogP contribution is 2.41. The van der Waals surface area contributed by atoms with Crippen LogP contribution in [0.4, 0.5) is 0 Å². The predicted molar refractivity (Wildman–Crippen MR) is 106 cm³/mol. The van der Waals surface area contributed by atoms with Crippen molar-refractivity contribution < 1.29 is 14.3 Å². The molecule has 2 N–H and O–H groups in total. The van der Waals surface area contributed by atoms with Crippen LogP contribution in [0.25, 0.3) is 0 Å². The Morgan fingerprint density at radius 3 is 2.64 bits per heavy atom. The summed E-state index contributed by atoms with van der Waals surface area (Å²) < 4.78 is 12.4. The van der Waals surface area contributed by atoms with E-state index in [9.17, 15) is 4.79 Å². The standard InChI is InChI=1S/C18H23BrN2O3S/c1-6-23-14-8-12(7-13(19)17(14)24-9(2)3)16-15(11(5)22)10(4)20-18(25)21-16/h7-9,16H,6H2,1-5H3,(H2,20,21,25)/t16-/m0/s1.